The zero-order chi connectivity index (χ0) is 17.8. The van der Waals surface area contributed by atoms with E-state index in [1.165, 1.54) is 0 Å². The molecule has 2 aliphatic rings. The smallest absolute Gasteiger partial charge is 0.199 e. The van der Waals surface area contributed by atoms with E-state index in [0.29, 0.717) is 11.9 Å². The van der Waals surface area contributed by atoms with Crippen molar-refractivity contribution in [2.45, 2.75) is 0 Å². The normalized spacial score (nSPS) is 14.5. The van der Waals surface area contributed by atoms with Crippen LogP contribution in [0.1, 0.15) is 5.56 Å². The van der Waals surface area contributed by atoms with Gasteiger partial charge in [-0.1, -0.05) is 6.07 Å². The number of rotatable bonds is 1. The molecule has 26 heavy (non-hydrogen) atoms. The number of aromatic nitrogens is 3. The van der Waals surface area contributed by atoms with Gasteiger partial charge >= 0.3 is 0 Å². The van der Waals surface area contributed by atoms with Crippen LogP contribution in [0.2, 0.25) is 0 Å². The topological polar surface area (TPSA) is 80.9 Å². The number of aryl methyl sites for hydroxylation is 1. The van der Waals surface area contributed by atoms with Gasteiger partial charge in [-0.3, -0.25) is 0 Å². The molecule has 0 radical (unpaired) electrons. The van der Waals surface area contributed by atoms with Crippen LogP contribution in [0, 0.1) is 5.41 Å². The summed E-state index contributed by atoms with van der Waals surface area (Å²) in [5.74, 6) is 0.972. The molecule has 0 atom stereocenters. The summed E-state index contributed by atoms with van der Waals surface area (Å²) < 4.78 is 1.95. The van der Waals surface area contributed by atoms with Crippen molar-refractivity contribution in [2.24, 2.45) is 7.05 Å². The van der Waals surface area contributed by atoms with Gasteiger partial charge in [0, 0.05) is 42.1 Å². The fourth-order valence-electron chi connectivity index (χ4n) is 3.79. The van der Waals surface area contributed by atoms with Crippen LogP contribution < -0.4 is 20.8 Å². The van der Waals surface area contributed by atoms with Crippen molar-refractivity contribution in [1.29, 1.82) is 5.41 Å². The highest BCUT2D eigenvalue weighted by atomic mass is 16.3. The number of anilines is 1. The number of fused-ring (bicyclic) bond motifs is 2. The first-order chi connectivity index (χ1) is 12.6. The van der Waals surface area contributed by atoms with Crippen molar-refractivity contribution in [1.82, 2.24) is 14.5 Å². The predicted molar refractivity (Wildman–Crippen MR) is 100 cm³/mol. The van der Waals surface area contributed by atoms with Gasteiger partial charge in [-0.05, 0) is 36.4 Å². The van der Waals surface area contributed by atoms with Gasteiger partial charge in [-0.15, -0.1) is 0 Å². The Kier molecular flexibility index (Phi) is 2.97. The second-order valence-corrected chi connectivity index (χ2v) is 6.46. The molecule has 128 valence electrons. The van der Waals surface area contributed by atoms with Gasteiger partial charge in [-0.25, -0.2) is 4.98 Å². The molecule has 0 spiro atoms. The summed E-state index contributed by atoms with van der Waals surface area (Å²) in [5.41, 5.74) is 3.30. The van der Waals surface area contributed by atoms with Gasteiger partial charge < -0.3 is 25.0 Å². The van der Waals surface area contributed by atoms with Crippen molar-refractivity contribution in [3.05, 3.63) is 64.2 Å². The number of aromatic hydroxyl groups is 1. The Bertz CT molecular complexity index is 1250. The number of hydrogen-bond donors (Lipinski definition) is 3. The summed E-state index contributed by atoms with van der Waals surface area (Å²) >= 11 is 0. The first-order valence-corrected chi connectivity index (χ1v) is 8.42. The number of hydrogen-bond acceptors (Lipinski definition) is 4. The van der Waals surface area contributed by atoms with E-state index in [-0.39, 0.29) is 5.88 Å². The molecule has 3 aromatic heterocycles. The molecule has 0 unspecified atom stereocenters. The fraction of sp³-hybridized carbons (Fsp3) is 0.100. The summed E-state index contributed by atoms with van der Waals surface area (Å²) in [6, 6.07) is 7.59. The molecule has 0 saturated heterocycles. The summed E-state index contributed by atoms with van der Waals surface area (Å²) in [6.45, 7) is 0.652. The van der Waals surface area contributed by atoms with E-state index in [2.05, 4.69) is 20.9 Å². The Morgan fingerprint density at radius 1 is 1.23 bits per heavy atom. The van der Waals surface area contributed by atoms with Crippen LogP contribution in [0.5, 0.6) is 5.88 Å². The van der Waals surface area contributed by atoms with E-state index in [0.717, 1.165) is 38.9 Å². The van der Waals surface area contributed by atoms with Crippen LogP contribution in [0.15, 0.2) is 42.7 Å². The Balaban J connectivity index is 1.92. The van der Waals surface area contributed by atoms with Crippen LogP contribution in [0.4, 0.5) is 5.82 Å². The minimum atomic E-state index is 0.123. The van der Waals surface area contributed by atoms with Crippen LogP contribution in [0.3, 0.4) is 0 Å². The molecule has 4 heterocycles. The molecule has 1 aliphatic carbocycles. The lowest BCUT2D eigenvalue weighted by Crippen LogP contribution is -2.39. The van der Waals surface area contributed by atoms with E-state index in [4.69, 9.17) is 5.41 Å². The van der Waals surface area contributed by atoms with E-state index < -0.39 is 0 Å². The largest absolute Gasteiger partial charge is 0.494 e. The third-order valence-corrected chi connectivity index (χ3v) is 4.97. The highest BCUT2D eigenvalue weighted by Gasteiger charge is 2.25. The lowest BCUT2D eigenvalue weighted by Gasteiger charge is -2.25. The lowest BCUT2D eigenvalue weighted by atomic mass is 10.1. The molecule has 0 aromatic carbocycles. The monoisotopic (exact) mass is 343 g/mol. The number of nitrogens with zero attached hydrogens (tertiary/aromatic N) is 3. The third-order valence-electron chi connectivity index (χ3n) is 4.97. The van der Waals surface area contributed by atoms with Crippen LogP contribution in [-0.2, 0) is 7.05 Å². The van der Waals surface area contributed by atoms with E-state index >= 15 is 0 Å². The van der Waals surface area contributed by atoms with Crippen LogP contribution in [-0.4, -0.2) is 26.2 Å². The second-order valence-electron chi connectivity index (χ2n) is 6.46. The van der Waals surface area contributed by atoms with Gasteiger partial charge in [0.1, 0.15) is 5.82 Å². The molecule has 3 N–H and O–H groups in total. The summed E-state index contributed by atoms with van der Waals surface area (Å²) in [5, 5.41) is 21.3. The van der Waals surface area contributed by atoms with Crippen LogP contribution >= 0.6 is 0 Å². The number of nitrogens with one attached hydrogen (secondary N) is 2. The molecule has 0 fully saturated rings. The molecular formula is C20H17N5O. The number of H-pyrrole nitrogens is 1. The maximum atomic E-state index is 10.7. The van der Waals surface area contributed by atoms with Gasteiger partial charge in [0.2, 0.25) is 0 Å². The quantitative estimate of drug-likeness (QED) is 0.617. The van der Waals surface area contributed by atoms with Crippen molar-refractivity contribution >= 4 is 23.7 Å². The minimum absolute atomic E-state index is 0.123. The van der Waals surface area contributed by atoms with E-state index in [1.807, 2.05) is 48.2 Å². The van der Waals surface area contributed by atoms with Gasteiger partial charge in [0.05, 0.1) is 22.3 Å². The summed E-state index contributed by atoms with van der Waals surface area (Å²) in [6.07, 6.45) is 9.65. The Hall–Kier alpha value is -3.54. The summed E-state index contributed by atoms with van der Waals surface area (Å²) in [7, 11) is 1.93. The number of pyridine rings is 2. The first-order valence-electron chi connectivity index (χ1n) is 8.42. The van der Waals surface area contributed by atoms with E-state index in [1.54, 1.807) is 12.3 Å². The van der Waals surface area contributed by atoms with Gasteiger partial charge in [0.15, 0.2) is 5.88 Å². The Morgan fingerprint density at radius 3 is 2.92 bits per heavy atom. The molecule has 0 saturated carbocycles. The molecular weight excluding hydrogens is 326 g/mol. The molecule has 0 bridgehead atoms. The van der Waals surface area contributed by atoms with Crippen molar-refractivity contribution in [3.8, 4) is 17.1 Å². The third kappa shape index (κ3) is 1.92. The molecule has 0 amide bonds. The van der Waals surface area contributed by atoms with Crippen LogP contribution in [0.25, 0.3) is 29.1 Å². The maximum Gasteiger partial charge on any atom is 0.199 e. The predicted octanol–water partition coefficient (Wildman–Crippen LogP) is 1.04. The Morgan fingerprint density at radius 2 is 2.12 bits per heavy atom. The number of aromatic amines is 1. The highest BCUT2D eigenvalue weighted by Crippen LogP contribution is 2.30. The SMILES string of the molecule is Cn1ccc(=N)c2c1-c1c(O)[nH]c3c1=C(C=C2)N(c1ccccn1)CC=3. The molecule has 6 nitrogen and oxygen atoms in total. The fourth-order valence-corrected chi connectivity index (χ4v) is 3.79. The first kappa shape index (κ1) is 14.8. The minimum Gasteiger partial charge on any atom is -0.494 e. The maximum absolute atomic E-state index is 10.7. The van der Waals surface area contributed by atoms with Gasteiger partial charge in [-0.2, -0.15) is 0 Å². The average Bonchev–Trinajstić information content (AvgIpc) is 2.86. The molecule has 1 aliphatic heterocycles. The Labute approximate surface area is 149 Å². The zero-order valence-electron chi connectivity index (χ0n) is 14.2. The van der Waals surface area contributed by atoms with Crippen molar-refractivity contribution < 1.29 is 5.11 Å². The average molecular weight is 343 g/mol. The highest BCUT2D eigenvalue weighted by molar-refractivity contribution is 5.89. The second kappa shape index (κ2) is 5.23. The summed E-state index contributed by atoms with van der Waals surface area (Å²) in [4.78, 5) is 9.70. The molecule has 3 aromatic rings. The van der Waals surface area contributed by atoms with E-state index in [9.17, 15) is 5.11 Å². The van der Waals surface area contributed by atoms with Crippen molar-refractivity contribution in [3.63, 3.8) is 0 Å². The van der Waals surface area contributed by atoms with Gasteiger partial charge in [0.25, 0.3) is 0 Å². The standard InChI is InChI=1S/C20H17N5O/c1-24-10-7-13(21)12-5-6-15-17-14(23-20(26)18(17)19(12)24)8-11-25(15)16-4-2-3-9-22-16/h2-10,21,23,26H,11H2,1H3. The lowest BCUT2D eigenvalue weighted by molar-refractivity contribution is 0.457. The van der Waals surface area contributed by atoms with Crippen molar-refractivity contribution in [2.75, 3.05) is 11.4 Å². The zero-order valence-corrected chi connectivity index (χ0v) is 14.2. The molecule has 6 heteroatoms. The molecule has 5 rings (SSSR count).